The Bertz CT molecular complexity index is 230. The molecule has 3 heteroatoms. The molecule has 16 heavy (non-hydrogen) atoms. The smallest absolute Gasteiger partial charge is 0.0547 e. The van der Waals surface area contributed by atoms with Gasteiger partial charge in [-0.15, -0.1) is 0 Å². The summed E-state index contributed by atoms with van der Waals surface area (Å²) in [6.45, 7) is 9.02. The normalized spacial score (nSPS) is 26.4. The summed E-state index contributed by atoms with van der Waals surface area (Å²) >= 11 is 0. The van der Waals surface area contributed by atoms with Gasteiger partial charge in [-0.25, -0.2) is 0 Å². The number of hydrogen-bond acceptors (Lipinski definition) is 3. The van der Waals surface area contributed by atoms with Gasteiger partial charge in [-0.05, 0) is 37.1 Å². The molecule has 2 N–H and O–H groups in total. The maximum atomic E-state index is 5.86. The van der Waals surface area contributed by atoms with Crippen molar-refractivity contribution in [3.05, 3.63) is 0 Å². The summed E-state index contributed by atoms with van der Waals surface area (Å²) in [5.74, 6) is 0.779. The summed E-state index contributed by atoms with van der Waals surface area (Å²) in [5, 5.41) is 0. The highest BCUT2D eigenvalue weighted by Gasteiger charge is 2.48. The van der Waals surface area contributed by atoms with Crippen molar-refractivity contribution in [1.82, 2.24) is 0 Å². The monoisotopic (exact) mass is 227 g/mol. The van der Waals surface area contributed by atoms with Gasteiger partial charge in [0.05, 0.1) is 13.2 Å². The number of ether oxygens (including phenoxy) is 2. The lowest BCUT2D eigenvalue weighted by Crippen LogP contribution is -2.53. The first-order chi connectivity index (χ1) is 7.58. The molecule has 2 heterocycles. The standard InChI is InChI=1S/C13H25NO2/c1-12(2,8-14)7-13(9-16-10-13)11-3-5-15-6-4-11/h11H,3-10,14H2,1-2H3. The van der Waals surface area contributed by atoms with E-state index in [1.54, 1.807) is 0 Å². The predicted octanol–water partition coefficient (Wildman–Crippen LogP) is 1.80. The van der Waals surface area contributed by atoms with Crippen molar-refractivity contribution >= 4 is 0 Å². The molecular formula is C13H25NO2. The zero-order valence-electron chi connectivity index (χ0n) is 10.6. The van der Waals surface area contributed by atoms with Crippen LogP contribution in [0, 0.1) is 16.7 Å². The third-order valence-corrected chi connectivity index (χ3v) is 4.25. The summed E-state index contributed by atoms with van der Waals surface area (Å²) in [7, 11) is 0. The van der Waals surface area contributed by atoms with Crippen LogP contribution in [0.2, 0.25) is 0 Å². The van der Waals surface area contributed by atoms with E-state index in [-0.39, 0.29) is 5.41 Å². The van der Waals surface area contributed by atoms with Gasteiger partial charge < -0.3 is 15.2 Å². The van der Waals surface area contributed by atoms with Crippen molar-refractivity contribution in [2.75, 3.05) is 33.0 Å². The summed E-state index contributed by atoms with van der Waals surface area (Å²) < 4.78 is 11.0. The van der Waals surface area contributed by atoms with Crippen molar-refractivity contribution in [3.63, 3.8) is 0 Å². The van der Waals surface area contributed by atoms with Crippen LogP contribution < -0.4 is 5.73 Å². The highest BCUT2D eigenvalue weighted by atomic mass is 16.5. The fraction of sp³-hybridized carbons (Fsp3) is 1.00. The number of nitrogens with two attached hydrogens (primary N) is 1. The summed E-state index contributed by atoms with van der Waals surface area (Å²) in [6, 6.07) is 0. The molecule has 0 aromatic carbocycles. The van der Waals surface area contributed by atoms with E-state index in [9.17, 15) is 0 Å². The first-order valence-electron chi connectivity index (χ1n) is 6.44. The fourth-order valence-corrected chi connectivity index (χ4v) is 3.18. The van der Waals surface area contributed by atoms with E-state index in [1.165, 1.54) is 19.3 Å². The van der Waals surface area contributed by atoms with Gasteiger partial charge in [0.15, 0.2) is 0 Å². The fourth-order valence-electron chi connectivity index (χ4n) is 3.18. The number of rotatable bonds is 4. The van der Waals surface area contributed by atoms with E-state index in [1.807, 2.05) is 0 Å². The van der Waals surface area contributed by atoms with Crippen molar-refractivity contribution in [2.45, 2.75) is 33.1 Å². The molecule has 0 amide bonds. The van der Waals surface area contributed by atoms with Crippen LogP contribution in [0.5, 0.6) is 0 Å². The second-order valence-electron chi connectivity index (χ2n) is 6.29. The maximum absolute atomic E-state index is 5.86. The van der Waals surface area contributed by atoms with E-state index >= 15 is 0 Å². The van der Waals surface area contributed by atoms with Gasteiger partial charge >= 0.3 is 0 Å². The molecule has 0 aromatic heterocycles. The average molecular weight is 227 g/mol. The van der Waals surface area contributed by atoms with Crippen molar-refractivity contribution in [3.8, 4) is 0 Å². The van der Waals surface area contributed by atoms with Gasteiger partial charge in [0.1, 0.15) is 0 Å². The second-order valence-corrected chi connectivity index (χ2v) is 6.29. The molecule has 0 aromatic rings. The Morgan fingerprint density at radius 1 is 1.19 bits per heavy atom. The topological polar surface area (TPSA) is 44.5 Å². The van der Waals surface area contributed by atoms with E-state index in [2.05, 4.69) is 13.8 Å². The zero-order valence-corrected chi connectivity index (χ0v) is 10.6. The third-order valence-electron chi connectivity index (χ3n) is 4.25. The molecule has 0 saturated carbocycles. The maximum Gasteiger partial charge on any atom is 0.0547 e. The van der Waals surface area contributed by atoms with Gasteiger partial charge in [-0.1, -0.05) is 13.8 Å². The van der Waals surface area contributed by atoms with Crippen LogP contribution in [0.15, 0.2) is 0 Å². The molecule has 0 unspecified atom stereocenters. The molecule has 0 spiro atoms. The predicted molar refractivity (Wildman–Crippen MR) is 64.2 cm³/mol. The minimum atomic E-state index is 0.238. The van der Waals surface area contributed by atoms with Crippen LogP contribution in [-0.4, -0.2) is 33.0 Å². The molecule has 2 aliphatic rings. The lowest BCUT2D eigenvalue weighted by atomic mass is 9.62. The van der Waals surface area contributed by atoms with Gasteiger partial charge in [0.2, 0.25) is 0 Å². The van der Waals surface area contributed by atoms with Crippen molar-refractivity contribution in [1.29, 1.82) is 0 Å². The average Bonchev–Trinajstić information content (AvgIpc) is 2.25. The minimum Gasteiger partial charge on any atom is -0.381 e. The van der Waals surface area contributed by atoms with Crippen molar-refractivity contribution < 1.29 is 9.47 Å². The second kappa shape index (κ2) is 4.63. The molecule has 0 bridgehead atoms. The first-order valence-corrected chi connectivity index (χ1v) is 6.44. The van der Waals surface area contributed by atoms with Crippen LogP contribution in [-0.2, 0) is 9.47 Å². The Kier molecular flexibility index (Phi) is 3.57. The molecule has 2 rings (SSSR count). The Morgan fingerprint density at radius 3 is 2.25 bits per heavy atom. The number of hydrogen-bond donors (Lipinski definition) is 1. The minimum absolute atomic E-state index is 0.238. The lowest BCUT2D eigenvalue weighted by Gasteiger charge is -2.51. The Morgan fingerprint density at radius 2 is 1.81 bits per heavy atom. The van der Waals surface area contributed by atoms with E-state index in [0.29, 0.717) is 5.41 Å². The largest absolute Gasteiger partial charge is 0.381 e. The molecule has 0 radical (unpaired) electrons. The van der Waals surface area contributed by atoms with E-state index in [0.717, 1.165) is 38.9 Å². The molecule has 0 atom stereocenters. The molecule has 94 valence electrons. The summed E-state index contributed by atoms with van der Waals surface area (Å²) in [4.78, 5) is 0. The Labute approximate surface area is 98.7 Å². The molecule has 2 saturated heterocycles. The van der Waals surface area contributed by atoms with Crippen LogP contribution in [0.1, 0.15) is 33.1 Å². The lowest BCUT2D eigenvalue weighted by molar-refractivity contribution is -0.178. The Hall–Kier alpha value is -0.120. The van der Waals surface area contributed by atoms with E-state index < -0.39 is 0 Å². The third kappa shape index (κ3) is 2.41. The van der Waals surface area contributed by atoms with Gasteiger partial charge in [0.25, 0.3) is 0 Å². The van der Waals surface area contributed by atoms with Crippen LogP contribution >= 0.6 is 0 Å². The van der Waals surface area contributed by atoms with Gasteiger partial charge in [-0.3, -0.25) is 0 Å². The molecule has 2 fully saturated rings. The highest BCUT2D eigenvalue weighted by molar-refractivity contribution is 4.96. The Balaban J connectivity index is 2.01. The van der Waals surface area contributed by atoms with Crippen LogP contribution in [0.4, 0.5) is 0 Å². The molecular weight excluding hydrogens is 202 g/mol. The molecule has 2 aliphatic heterocycles. The summed E-state index contributed by atoms with van der Waals surface area (Å²) in [5.41, 5.74) is 6.49. The molecule has 0 aliphatic carbocycles. The van der Waals surface area contributed by atoms with Crippen molar-refractivity contribution in [2.24, 2.45) is 22.5 Å². The molecule has 3 nitrogen and oxygen atoms in total. The van der Waals surface area contributed by atoms with Gasteiger partial charge in [0, 0.05) is 18.6 Å². The SMILES string of the molecule is CC(C)(CN)CC1(C2CCOCC2)COC1. The highest BCUT2D eigenvalue weighted by Crippen LogP contribution is 2.48. The van der Waals surface area contributed by atoms with Gasteiger partial charge in [-0.2, -0.15) is 0 Å². The first kappa shape index (κ1) is 12.3. The van der Waals surface area contributed by atoms with Crippen LogP contribution in [0.3, 0.4) is 0 Å². The van der Waals surface area contributed by atoms with E-state index in [4.69, 9.17) is 15.2 Å². The zero-order chi connectivity index (χ0) is 11.6. The van der Waals surface area contributed by atoms with Crippen LogP contribution in [0.25, 0.3) is 0 Å². The summed E-state index contributed by atoms with van der Waals surface area (Å²) in [6.07, 6.45) is 3.59. The quantitative estimate of drug-likeness (QED) is 0.796.